The number of nitriles is 1. The highest BCUT2D eigenvalue weighted by Gasteiger charge is 2.43. The Hall–Kier alpha value is -0.590. The number of hydrogen-bond donors (Lipinski definition) is 1. The van der Waals surface area contributed by atoms with E-state index in [1.165, 1.54) is 19.6 Å². The van der Waals surface area contributed by atoms with Gasteiger partial charge in [-0.05, 0) is 38.3 Å². The average molecular weight is 207 g/mol. The number of nitrogens with one attached hydrogen (secondary N) is 1. The zero-order valence-electron chi connectivity index (χ0n) is 9.74. The topological polar surface area (TPSA) is 39.1 Å². The molecule has 0 bridgehead atoms. The van der Waals surface area contributed by atoms with Gasteiger partial charge in [-0.25, -0.2) is 0 Å². The van der Waals surface area contributed by atoms with E-state index in [1.807, 2.05) is 0 Å². The SMILES string of the molecule is CCC(CC#N)N1CC2CNCC2C1C. The fourth-order valence-corrected chi connectivity index (χ4v) is 3.28. The van der Waals surface area contributed by atoms with Crippen LogP contribution in [0, 0.1) is 23.2 Å². The molecule has 0 saturated carbocycles. The summed E-state index contributed by atoms with van der Waals surface area (Å²) in [6.45, 7) is 8.07. The quantitative estimate of drug-likeness (QED) is 0.756. The highest BCUT2D eigenvalue weighted by Crippen LogP contribution is 2.34. The van der Waals surface area contributed by atoms with Gasteiger partial charge in [0.2, 0.25) is 0 Å². The third-order valence-corrected chi connectivity index (χ3v) is 4.25. The number of nitrogens with zero attached hydrogens (tertiary/aromatic N) is 2. The second kappa shape index (κ2) is 4.51. The van der Waals surface area contributed by atoms with Crippen molar-refractivity contribution in [3.05, 3.63) is 0 Å². The summed E-state index contributed by atoms with van der Waals surface area (Å²) in [5.41, 5.74) is 0. The number of hydrogen-bond acceptors (Lipinski definition) is 3. The normalized spacial score (nSPS) is 37.5. The van der Waals surface area contributed by atoms with Gasteiger partial charge in [-0.15, -0.1) is 0 Å². The summed E-state index contributed by atoms with van der Waals surface area (Å²) >= 11 is 0. The molecule has 1 N–H and O–H groups in total. The van der Waals surface area contributed by atoms with E-state index in [0.29, 0.717) is 18.5 Å². The molecule has 0 amide bonds. The lowest BCUT2D eigenvalue weighted by Gasteiger charge is -2.31. The minimum absolute atomic E-state index is 0.482. The lowest BCUT2D eigenvalue weighted by atomic mass is 9.95. The Kier molecular flexibility index (Phi) is 3.28. The molecule has 2 saturated heterocycles. The van der Waals surface area contributed by atoms with E-state index < -0.39 is 0 Å². The van der Waals surface area contributed by atoms with Crippen LogP contribution >= 0.6 is 0 Å². The molecule has 2 aliphatic rings. The van der Waals surface area contributed by atoms with E-state index in [9.17, 15) is 0 Å². The largest absolute Gasteiger partial charge is 0.316 e. The molecule has 0 aromatic heterocycles. The fraction of sp³-hybridized carbons (Fsp3) is 0.917. The van der Waals surface area contributed by atoms with Crippen LogP contribution in [-0.2, 0) is 0 Å². The number of rotatable bonds is 3. The maximum Gasteiger partial charge on any atom is 0.0638 e. The van der Waals surface area contributed by atoms with Crippen molar-refractivity contribution in [1.82, 2.24) is 10.2 Å². The summed E-state index contributed by atoms with van der Waals surface area (Å²) in [6.07, 6.45) is 1.79. The van der Waals surface area contributed by atoms with Gasteiger partial charge in [-0.3, -0.25) is 4.90 Å². The molecule has 4 unspecified atom stereocenters. The van der Waals surface area contributed by atoms with Gasteiger partial charge in [-0.2, -0.15) is 5.26 Å². The first kappa shape index (κ1) is 10.9. The maximum atomic E-state index is 8.83. The average Bonchev–Trinajstić information content (AvgIpc) is 2.79. The molecule has 2 rings (SSSR count). The molecular formula is C12H21N3. The zero-order chi connectivity index (χ0) is 10.8. The smallest absolute Gasteiger partial charge is 0.0638 e. The Labute approximate surface area is 92.4 Å². The highest BCUT2D eigenvalue weighted by atomic mass is 15.2. The summed E-state index contributed by atoms with van der Waals surface area (Å²) < 4.78 is 0. The Bertz CT molecular complexity index is 258. The van der Waals surface area contributed by atoms with Crippen molar-refractivity contribution < 1.29 is 0 Å². The minimum Gasteiger partial charge on any atom is -0.316 e. The summed E-state index contributed by atoms with van der Waals surface area (Å²) in [5, 5.41) is 12.3. The summed E-state index contributed by atoms with van der Waals surface area (Å²) in [6, 6.07) is 3.46. The van der Waals surface area contributed by atoms with Crippen molar-refractivity contribution in [2.45, 2.75) is 38.8 Å². The Morgan fingerprint density at radius 1 is 1.53 bits per heavy atom. The minimum atomic E-state index is 0.482. The van der Waals surface area contributed by atoms with Crippen LogP contribution in [0.15, 0.2) is 0 Å². The van der Waals surface area contributed by atoms with Gasteiger partial charge >= 0.3 is 0 Å². The standard InChI is InChI=1S/C12H21N3/c1-3-11(4-5-13)15-8-10-6-14-7-12(10)9(15)2/h9-12,14H,3-4,6-8H2,1-2H3. The van der Waals surface area contributed by atoms with Gasteiger partial charge in [0.1, 0.15) is 0 Å². The van der Waals surface area contributed by atoms with Crippen LogP contribution in [0.3, 0.4) is 0 Å². The van der Waals surface area contributed by atoms with Gasteiger partial charge in [-0.1, -0.05) is 6.92 Å². The maximum absolute atomic E-state index is 8.83. The highest BCUT2D eigenvalue weighted by molar-refractivity contribution is 4.99. The predicted molar refractivity (Wildman–Crippen MR) is 60.3 cm³/mol. The van der Waals surface area contributed by atoms with Gasteiger partial charge < -0.3 is 5.32 Å². The van der Waals surface area contributed by atoms with Crippen LogP contribution in [0.4, 0.5) is 0 Å². The van der Waals surface area contributed by atoms with E-state index in [0.717, 1.165) is 18.3 Å². The molecule has 0 aromatic carbocycles. The van der Waals surface area contributed by atoms with Crippen LogP contribution < -0.4 is 5.32 Å². The lowest BCUT2D eigenvalue weighted by molar-refractivity contribution is 0.167. The predicted octanol–water partition coefficient (Wildman–Crippen LogP) is 1.22. The first-order valence-electron chi connectivity index (χ1n) is 6.11. The summed E-state index contributed by atoms with van der Waals surface area (Å²) in [4.78, 5) is 2.57. The fourth-order valence-electron chi connectivity index (χ4n) is 3.28. The summed E-state index contributed by atoms with van der Waals surface area (Å²) in [5.74, 6) is 1.64. The molecule has 3 nitrogen and oxygen atoms in total. The Morgan fingerprint density at radius 3 is 2.93 bits per heavy atom. The molecule has 3 heteroatoms. The van der Waals surface area contributed by atoms with E-state index in [4.69, 9.17) is 5.26 Å². The Balaban J connectivity index is 2.02. The Morgan fingerprint density at radius 2 is 2.33 bits per heavy atom. The van der Waals surface area contributed by atoms with E-state index in [2.05, 4.69) is 30.1 Å². The van der Waals surface area contributed by atoms with E-state index >= 15 is 0 Å². The lowest BCUT2D eigenvalue weighted by Crippen LogP contribution is -2.40. The van der Waals surface area contributed by atoms with Crippen LogP contribution in [-0.4, -0.2) is 36.6 Å². The molecule has 4 atom stereocenters. The van der Waals surface area contributed by atoms with Crippen molar-refractivity contribution >= 4 is 0 Å². The van der Waals surface area contributed by atoms with E-state index in [1.54, 1.807) is 0 Å². The summed E-state index contributed by atoms with van der Waals surface area (Å²) in [7, 11) is 0. The molecule has 0 radical (unpaired) electrons. The van der Waals surface area contributed by atoms with Crippen LogP contribution in [0.5, 0.6) is 0 Å². The molecule has 2 fully saturated rings. The van der Waals surface area contributed by atoms with E-state index in [-0.39, 0.29) is 0 Å². The second-order valence-electron chi connectivity index (χ2n) is 4.94. The molecule has 2 aliphatic heterocycles. The van der Waals surface area contributed by atoms with Crippen LogP contribution in [0.1, 0.15) is 26.7 Å². The molecular weight excluding hydrogens is 186 g/mol. The number of likely N-dealkylation sites (tertiary alicyclic amines) is 1. The third kappa shape index (κ3) is 1.89. The van der Waals surface area contributed by atoms with Crippen molar-refractivity contribution in [1.29, 1.82) is 5.26 Å². The van der Waals surface area contributed by atoms with Crippen molar-refractivity contribution in [3.8, 4) is 6.07 Å². The monoisotopic (exact) mass is 207 g/mol. The second-order valence-corrected chi connectivity index (χ2v) is 4.94. The first-order chi connectivity index (χ1) is 7.27. The van der Waals surface area contributed by atoms with Gasteiger partial charge in [0.05, 0.1) is 12.5 Å². The van der Waals surface area contributed by atoms with Crippen molar-refractivity contribution in [2.24, 2.45) is 11.8 Å². The van der Waals surface area contributed by atoms with Crippen molar-refractivity contribution in [2.75, 3.05) is 19.6 Å². The molecule has 0 spiro atoms. The molecule has 2 heterocycles. The van der Waals surface area contributed by atoms with Gasteiger partial charge in [0.25, 0.3) is 0 Å². The van der Waals surface area contributed by atoms with Crippen LogP contribution in [0.2, 0.25) is 0 Å². The third-order valence-electron chi connectivity index (χ3n) is 4.25. The zero-order valence-corrected chi connectivity index (χ0v) is 9.74. The van der Waals surface area contributed by atoms with Crippen LogP contribution in [0.25, 0.3) is 0 Å². The number of fused-ring (bicyclic) bond motifs is 1. The first-order valence-corrected chi connectivity index (χ1v) is 6.11. The molecule has 15 heavy (non-hydrogen) atoms. The van der Waals surface area contributed by atoms with Gasteiger partial charge in [0.15, 0.2) is 0 Å². The van der Waals surface area contributed by atoms with Gasteiger partial charge in [0, 0.05) is 18.6 Å². The molecule has 84 valence electrons. The molecule has 0 aromatic rings. The molecule has 0 aliphatic carbocycles. The van der Waals surface area contributed by atoms with Crippen molar-refractivity contribution in [3.63, 3.8) is 0 Å².